The summed E-state index contributed by atoms with van der Waals surface area (Å²) >= 11 is 0. The fourth-order valence-electron chi connectivity index (χ4n) is 0.290. The molecule has 0 rings (SSSR count). The zero-order valence-corrected chi connectivity index (χ0v) is 4.76. The van der Waals surface area contributed by atoms with E-state index in [1.807, 2.05) is 0 Å². The molecule has 2 heteroatoms. The monoisotopic (exact) mass is 112 g/mol. The SMILES string of the molecule is CC(=O)C=CCC=O. The molecule has 0 saturated carbocycles. The molecule has 0 aliphatic carbocycles. The molecule has 0 saturated heterocycles. The van der Waals surface area contributed by atoms with Crippen LogP contribution in [0.15, 0.2) is 12.2 Å². The van der Waals surface area contributed by atoms with Crippen molar-refractivity contribution in [1.29, 1.82) is 0 Å². The Balaban J connectivity index is 3.34. The van der Waals surface area contributed by atoms with Crippen molar-refractivity contribution in [3.63, 3.8) is 0 Å². The molecule has 0 aliphatic heterocycles. The third-order valence-electron chi connectivity index (χ3n) is 0.585. The summed E-state index contributed by atoms with van der Waals surface area (Å²) in [5.41, 5.74) is 0. The van der Waals surface area contributed by atoms with Crippen molar-refractivity contribution in [2.45, 2.75) is 13.3 Å². The van der Waals surface area contributed by atoms with E-state index in [4.69, 9.17) is 0 Å². The van der Waals surface area contributed by atoms with Crippen molar-refractivity contribution in [3.8, 4) is 0 Å². The minimum absolute atomic E-state index is 0.0214. The third-order valence-corrected chi connectivity index (χ3v) is 0.585. The second kappa shape index (κ2) is 4.24. The van der Waals surface area contributed by atoms with Gasteiger partial charge in [-0.1, -0.05) is 6.08 Å². The van der Waals surface area contributed by atoms with Gasteiger partial charge in [-0.25, -0.2) is 0 Å². The van der Waals surface area contributed by atoms with Gasteiger partial charge in [-0.15, -0.1) is 0 Å². The van der Waals surface area contributed by atoms with Crippen LogP contribution < -0.4 is 0 Å². The summed E-state index contributed by atoms with van der Waals surface area (Å²) in [5.74, 6) is -0.0214. The maximum absolute atomic E-state index is 10.1. The number of ketones is 1. The summed E-state index contributed by atoms with van der Waals surface area (Å²) < 4.78 is 0. The number of rotatable bonds is 3. The number of allylic oxidation sites excluding steroid dienone is 2. The molecular weight excluding hydrogens is 104 g/mol. The summed E-state index contributed by atoms with van der Waals surface area (Å²) in [6.07, 6.45) is 4.00. The number of carbonyl (C=O) groups excluding carboxylic acids is 2. The largest absolute Gasteiger partial charge is 0.303 e. The van der Waals surface area contributed by atoms with Gasteiger partial charge in [0.05, 0.1) is 0 Å². The lowest BCUT2D eigenvalue weighted by Crippen LogP contribution is -1.79. The molecular formula is C6H8O2. The first kappa shape index (κ1) is 7.08. The molecule has 0 N–H and O–H groups in total. The number of carbonyl (C=O) groups is 2. The number of hydrogen-bond acceptors (Lipinski definition) is 2. The summed E-state index contributed by atoms with van der Waals surface area (Å²) in [4.78, 5) is 19.7. The second-order valence-corrected chi connectivity index (χ2v) is 1.42. The zero-order valence-electron chi connectivity index (χ0n) is 4.76. The highest BCUT2D eigenvalue weighted by molar-refractivity contribution is 5.87. The van der Waals surface area contributed by atoms with Crippen molar-refractivity contribution in [2.75, 3.05) is 0 Å². The minimum atomic E-state index is -0.0214. The molecule has 0 bridgehead atoms. The summed E-state index contributed by atoms with van der Waals surface area (Å²) in [6, 6.07) is 0. The lowest BCUT2D eigenvalue weighted by molar-refractivity contribution is -0.112. The van der Waals surface area contributed by atoms with Crippen LogP contribution in [0, 0.1) is 0 Å². The van der Waals surface area contributed by atoms with E-state index in [1.54, 1.807) is 0 Å². The Bertz CT molecular complexity index is 114. The van der Waals surface area contributed by atoms with Gasteiger partial charge < -0.3 is 4.79 Å². The molecule has 0 radical (unpaired) electrons. The first-order valence-corrected chi connectivity index (χ1v) is 2.38. The molecule has 0 amide bonds. The van der Waals surface area contributed by atoms with E-state index in [9.17, 15) is 9.59 Å². The van der Waals surface area contributed by atoms with Gasteiger partial charge in [-0.2, -0.15) is 0 Å². The predicted molar refractivity (Wildman–Crippen MR) is 30.5 cm³/mol. The average Bonchev–Trinajstić information content (AvgIpc) is 1.66. The predicted octanol–water partition coefficient (Wildman–Crippen LogP) is 0.721. The Morgan fingerprint density at radius 1 is 1.62 bits per heavy atom. The van der Waals surface area contributed by atoms with E-state index in [2.05, 4.69) is 0 Å². The van der Waals surface area contributed by atoms with Crippen molar-refractivity contribution in [3.05, 3.63) is 12.2 Å². The quantitative estimate of drug-likeness (QED) is 0.398. The van der Waals surface area contributed by atoms with Gasteiger partial charge >= 0.3 is 0 Å². The molecule has 2 nitrogen and oxygen atoms in total. The lowest BCUT2D eigenvalue weighted by Gasteiger charge is -1.73. The summed E-state index contributed by atoms with van der Waals surface area (Å²) in [7, 11) is 0. The number of hydrogen-bond donors (Lipinski definition) is 0. The average molecular weight is 112 g/mol. The van der Waals surface area contributed by atoms with Crippen molar-refractivity contribution < 1.29 is 9.59 Å². The Morgan fingerprint density at radius 3 is 2.62 bits per heavy atom. The maximum Gasteiger partial charge on any atom is 0.152 e. The molecule has 0 aromatic rings. The highest BCUT2D eigenvalue weighted by atomic mass is 16.1. The molecule has 8 heavy (non-hydrogen) atoms. The fraction of sp³-hybridized carbons (Fsp3) is 0.333. The van der Waals surface area contributed by atoms with Gasteiger partial charge in [0.15, 0.2) is 5.78 Å². The minimum Gasteiger partial charge on any atom is -0.303 e. The van der Waals surface area contributed by atoms with Crippen LogP contribution in [0.4, 0.5) is 0 Å². The van der Waals surface area contributed by atoms with Crippen LogP contribution in [0.3, 0.4) is 0 Å². The van der Waals surface area contributed by atoms with Crippen LogP contribution in [-0.4, -0.2) is 12.1 Å². The van der Waals surface area contributed by atoms with E-state index in [1.165, 1.54) is 19.1 Å². The Morgan fingerprint density at radius 2 is 2.25 bits per heavy atom. The van der Waals surface area contributed by atoms with E-state index in [0.29, 0.717) is 6.42 Å². The molecule has 0 aromatic heterocycles. The van der Waals surface area contributed by atoms with E-state index < -0.39 is 0 Å². The van der Waals surface area contributed by atoms with Gasteiger partial charge in [0.2, 0.25) is 0 Å². The Hall–Kier alpha value is -0.920. The number of aldehydes is 1. The molecule has 44 valence electrons. The highest BCUT2D eigenvalue weighted by Gasteiger charge is 1.78. The second-order valence-electron chi connectivity index (χ2n) is 1.42. The third kappa shape index (κ3) is 5.08. The van der Waals surface area contributed by atoms with E-state index in [-0.39, 0.29) is 5.78 Å². The van der Waals surface area contributed by atoms with Gasteiger partial charge in [-0.05, 0) is 13.0 Å². The normalized spacial score (nSPS) is 9.62. The van der Waals surface area contributed by atoms with E-state index >= 15 is 0 Å². The molecule has 0 fully saturated rings. The smallest absolute Gasteiger partial charge is 0.152 e. The first-order valence-electron chi connectivity index (χ1n) is 2.38. The maximum atomic E-state index is 10.1. The molecule has 0 aromatic carbocycles. The summed E-state index contributed by atoms with van der Waals surface area (Å²) in [6.45, 7) is 1.45. The van der Waals surface area contributed by atoms with Crippen LogP contribution in [0.2, 0.25) is 0 Å². The molecule has 0 aliphatic rings. The van der Waals surface area contributed by atoms with Crippen molar-refractivity contribution in [2.24, 2.45) is 0 Å². The molecule has 0 atom stereocenters. The summed E-state index contributed by atoms with van der Waals surface area (Å²) in [5, 5.41) is 0. The molecule has 0 unspecified atom stereocenters. The van der Waals surface area contributed by atoms with Crippen molar-refractivity contribution >= 4 is 12.1 Å². The van der Waals surface area contributed by atoms with Gasteiger partial charge in [0.1, 0.15) is 6.29 Å². The molecule has 0 heterocycles. The van der Waals surface area contributed by atoms with Crippen LogP contribution in [0.5, 0.6) is 0 Å². The Kier molecular flexibility index (Phi) is 3.76. The Labute approximate surface area is 48.2 Å². The topological polar surface area (TPSA) is 34.1 Å². The van der Waals surface area contributed by atoms with Crippen LogP contribution >= 0.6 is 0 Å². The van der Waals surface area contributed by atoms with Crippen LogP contribution in [-0.2, 0) is 9.59 Å². The lowest BCUT2D eigenvalue weighted by atomic mass is 10.3. The molecule has 0 spiro atoms. The van der Waals surface area contributed by atoms with Crippen molar-refractivity contribution in [1.82, 2.24) is 0 Å². The zero-order chi connectivity index (χ0) is 6.41. The fourth-order valence-corrected chi connectivity index (χ4v) is 0.290. The van der Waals surface area contributed by atoms with Crippen LogP contribution in [0.1, 0.15) is 13.3 Å². The first-order chi connectivity index (χ1) is 3.77. The highest BCUT2D eigenvalue weighted by Crippen LogP contribution is 1.77. The van der Waals surface area contributed by atoms with Crippen LogP contribution in [0.25, 0.3) is 0 Å². The van der Waals surface area contributed by atoms with Gasteiger partial charge in [-0.3, -0.25) is 4.79 Å². The van der Waals surface area contributed by atoms with Gasteiger partial charge in [0, 0.05) is 6.42 Å². The van der Waals surface area contributed by atoms with Gasteiger partial charge in [0.25, 0.3) is 0 Å². The van der Waals surface area contributed by atoms with E-state index in [0.717, 1.165) is 6.29 Å². The standard InChI is InChI=1S/C6H8O2/c1-6(8)4-2-3-5-7/h2,4-5H,3H2,1H3.